The minimum Gasteiger partial charge on any atom is -0.393 e. The Morgan fingerprint density at radius 2 is 1.67 bits per heavy atom. The van der Waals surface area contributed by atoms with E-state index in [0.29, 0.717) is 0 Å². The van der Waals surface area contributed by atoms with Gasteiger partial charge in [-0.3, -0.25) is 0 Å². The van der Waals surface area contributed by atoms with Crippen molar-refractivity contribution in [2.45, 2.75) is 32.3 Å². The van der Waals surface area contributed by atoms with Crippen molar-refractivity contribution < 1.29 is 5.11 Å². The van der Waals surface area contributed by atoms with Gasteiger partial charge >= 0.3 is 0 Å². The number of hydrogen-bond donors (Lipinski definition) is 1. The summed E-state index contributed by atoms with van der Waals surface area (Å²) < 4.78 is 0. The lowest BCUT2D eigenvalue weighted by Crippen LogP contribution is -2.30. The van der Waals surface area contributed by atoms with Gasteiger partial charge in [-0.05, 0) is 12.5 Å². The van der Waals surface area contributed by atoms with E-state index >= 15 is 0 Å². The second-order valence-corrected chi connectivity index (χ2v) is 3.76. The summed E-state index contributed by atoms with van der Waals surface area (Å²) in [4.78, 5) is 0. The molecule has 0 saturated carbocycles. The Bertz CT molecular complexity index is 236. The molecule has 1 rings (SSSR count). The van der Waals surface area contributed by atoms with Gasteiger partial charge in [0.1, 0.15) is 0 Å². The lowest BCUT2D eigenvalue weighted by molar-refractivity contribution is 0.118. The number of rotatable bonds is 2. The summed E-state index contributed by atoms with van der Waals surface area (Å²) in [5.41, 5.74) is 1.03. The SMILES string of the molecule is CC(O)C(C)(C)c1ccccc1. The molecular formula is C11H16O. The van der Waals surface area contributed by atoms with E-state index in [4.69, 9.17) is 0 Å². The highest BCUT2D eigenvalue weighted by Gasteiger charge is 2.25. The standard InChI is InChI=1S/C11H16O/c1-9(12)11(2,3)10-7-5-4-6-8-10/h4-9,12H,1-3H3. The van der Waals surface area contributed by atoms with Crippen molar-refractivity contribution in [1.82, 2.24) is 0 Å². The highest BCUT2D eigenvalue weighted by molar-refractivity contribution is 5.24. The van der Waals surface area contributed by atoms with Gasteiger partial charge in [-0.25, -0.2) is 0 Å². The maximum atomic E-state index is 9.53. The summed E-state index contributed by atoms with van der Waals surface area (Å²) in [6.07, 6.45) is -0.320. The van der Waals surface area contributed by atoms with Gasteiger partial charge in [0.05, 0.1) is 6.10 Å². The molecule has 0 aromatic heterocycles. The van der Waals surface area contributed by atoms with E-state index < -0.39 is 0 Å². The maximum absolute atomic E-state index is 9.53. The van der Waals surface area contributed by atoms with Crippen LogP contribution >= 0.6 is 0 Å². The maximum Gasteiger partial charge on any atom is 0.0603 e. The van der Waals surface area contributed by atoms with Crippen LogP contribution in [0.15, 0.2) is 30.3 Å². The summed E-state index contributed by atoms with van der Waals surface area (Å²) in [5, 5.41) is 9.53. The van der Waals surface area contributed by atoms with Crippen LogP contribution < -0.4 is 0 Å². The molecule has 0 heterocycles. The first-order valence-electron chi connectivity index (χ1n) is 4.28. The van der Waals surface area contributed by atoms with Crippen LogP contribution in [0.25, 0.3) is 0 Å². The fourth-order valence-corrected chi connectivity index (χ4v) is 1.11. The van der Waals surface area contributed by atoms with Gasteiger partial charge in [0.15, 0.2) is 0 Å². The van der Waals surface area contributed by atoms with Crippen LogP contribution in [-0.4, -0.2) is 11.2 Å². The number of hydrogen-bond acceptors (Lipinski definition) is 1. The molecule has 0 saturated heterocycles. The van der Waals surface area contributed by atoms with Crippen molar-refractivity contribution in [2.75, 3.05) is 0 Å². The summed E-state index contributed by atoms with van der Waals surface area (Å²) >= 11 is 0. The van der Waals surface area contributed by atoms with Crippen LogP contribution in [0.3, 0.4) is 0 Å². The first kappa shape index (κ1) is 9.27. The largest absolute Gasteiger partial charge is 0.393 e. The molecule has 0 spiro atoms. The van der Waals surface area contributed by atoms with Crippen molar-refractivity contribution in [3.05, 3.63) is 35.9 Å². The lowest BCUT2D eigenvalue weighted by Gasteiger charge is -2.28. The van der Waals surface area contributed by atoms with Crippen LogP contribution in [0.4, 0.5) is 0 Å². The summed E-state index contributed by atoms with van der Waals surface area (Å²) in [5.74, 6) is 0. The zero-order valence-corrected chi connectivity index (χ0v) is 7.91. The molecule has 12 heavy (non-hydrogen) atoms. The molecule has 1 atom stereocenters. The van der Waals surface area contributed by atoms with Gasteiger partial charge in [0.25, 0.3) is 0 Å². The van der Waals surface area contributed by atoms with E-state index in [1.54, 1.807) is 0 Å². The molecule has 66 valence electrons. The van der Waals surface area contributed by atoms with Gasteiger partial charge < -0.3 is 5.11 Å². The summed E-state index contributed by atoms with van der Waals surface area (Å²) in [6.45, 7) is 5.92. The number of benzene rings is 1. The molecule has 1 nitrogen and oxygen atoms in total. The zero-order valence-electron chi connectivity index (χ0n) is 7.91. The van der Waals surface area contributed by atoms with Gasteiger partial charge in [-0.1, -0.05) is 44.2 Å². The molecule has 1 N–H and O–H groups in total. The third-order valence-electron chi connectivity index (χ3n) is 2.56. The average Bonchev–Trinajstić information content (AvgIpc) is 2.06. The van der Waals surface area contributed by atoms with Gasteiger partial charge in [-0.2, -0.15) is 0 Å². The zero-order chi connectivity index (χ0) is 9.19. The van der Waals surface area contributed by atoms with Crippen molar-refractivity contribution in [2.24, 2.45) is 0 Å². The second kappa shape index (κ2) is 3.28. The van der Waals surface area contributed by atoms with E-state index in [9.17, 15) is 5.11 Å². The predicted molar refractivity (Wildman–Crippen MR) is 51.1 cm³/mol. The van der Waals surface area contributed by atoms with E-state index in [-0.39, 0.29) is 11.5 Å². The monoisotopic (exact) mass is 164 g/mol. The average molecular weight is 164 g/mol. The molecule has 0 amide bonds. The normalized spacial score (nSPS) is 14.3. The summed E-state index contributed by atoms with van der Waals surface area (Å²) in [6, 6.07) is 10.1. The molecule has 1 unspecified atom stereocenters. The van der Waals surface area contributed by atoms with Crippen LogP contribution in [0.2, 0.25) is 0 Å². The molecule has 0 aliphatic carbocycles. The number of aliphatic hydroxyl groups is 1. The van der Waals surface area contributed by atoms with Crippen molar-refractivity contribution in [3.8, 4) is 0 Å². The lowest BCUT2D eigenvalue weighted by atomic mass is 9.80. The fraction of sp³-hybridized carbons (Fsp3) is 0.455. The smallest absolute Gasteiger partial charge is 0.0603 e. The van der Waals surface area contributed by atoms with Crippen molar-refractivity contribution in [3.63, 3.8) is 0 Å². The Morgan fingerprint density at radius 3 is 2.08 bits per heavy atom. The molecule has 1 aromatic carbocycles. The molecule has 0 fully saturated rings. The Labute approximate surface area is 74.1 Å². The van der Waals surface area contributed by atoms with E-state index in [2.05, 4.69) is 0 Å². The van der Waals surface area contributed by atoms with Crippen LogP contribution in [-0.2, 0) is 5.41 Å². The van der Waals surface area contributed by atoms with Crippen LogP contribution in [0.5, 0.6) is 0 Å². The van der Waals surface area contributed by atoms with Crippen LogP contribution in [0.1, 0.15) is 26.3 Å². The highest BCUT2D eigenvalue weighted by atomic mass is 16.3. The fourth-order valence-electron chi connectivity index (χ4n) is 1.11. The van der Waals surface area contributed by atoms with Gasteiger partial charge in [-0.15, -0.1) is 0 Å². The summed E-state index contributed by atoms with van der Waals surface area (Å²) in [7, 11) is 0. The molecule has 0 aliphatic heterocycles. The van der Waals surface area contributed by atoms with Crippen molar-refractivity contribution >= 4 is 0 Å². The molecule has 0 bridgehead atoms. The first-order valence-corrected chi connectivity index (χ1v) is 4.28. The highest BCUT2D eigenvalue weighted by Crippen LogP contribution is 2.26. The number of aliphatic hydroxyl groups excluding tert-OH is 1. The van der Waals surface area contributed by atoms with Gasteiger partial charge in [0.2, 0.25) is 0 Å². The van der Waals surface area contributed by atoms with Crippen LogP contribution in [0, 0.1) is 0 Å². The topological polar surface area (TPSA) is 20.2 Å². The van der Waals surface area contributed by atoms with E-state index in [1.165, 1.54) is 5.56 Å². The minimum absolute atomic E-state index is 0.152. The third kappa shape index (κ3) is 1.67. The Morgan fingerprint density at radius 1 is 1.17 bits per heavy atom. The van der Waals surface area contributed by atoms with E-state index in [0.717, 1.165) is 0 Å². The minimum atomic E-state index is -0.320. The quantitative estimate of drug-likeness (QED) is 0.711. The van der Waals surface area contributed by atoms with Crippen molar-refractivity contribution in [1.29, 1.82) is 0 Å². The molecule has 1 heteroatoms. The molecular weight excluding hydrogens is 148 g/mol. The third-order valence-corrected chi connectivity index (χ3v) is 2.56. The molecule has 1 aromatic rings. The predicted octanol–water partition coefficient (Wildman–Crippen LogP) is 2.35. The van der Waals surface area contributed by atoms with E-state index in [1.807, 2.05) is 51.1 Å². The van der Waals surface area contributed by atoms with Gasteiger partial charge in [0, 0.05) is 5.41 Å². The Kier molecular flexibility index (Phi) is 2.53. The Hall–Kier alpha value is -0.820. The Balaban J connectivity index is 2.98. The molecule has 0 aliphatic rings. The molecule has 0 radical (unpaired) electrons. The second-order valence-electron chi connectivity index (χ2n) is 3.76. The first-order chi connectivity index (χ1) is 5.55.